The third-order valence-electron chi connectivity index (χ3n) is 3.18. The van der Waals surface area contributed by atoms with Crippen molar-refractivity contribution in [2.45, 2.75) is 18.9 Å². The van der Waals surface area contributed by atoms with E-state index in [-0.39, 0.29) is 24.5 Å². The molecule has 1 unspecified atom stereocenters. The quantitative estimate of drug-likeness (QED) is 0.838. The number of nitrogens with zero attached hydrogens (tertiary/aromatic N) is 2. The third-order valence-corrected chi connectivity index (χ3v) is 3.65. The summed E-state index contributed by atoms with van der Waals surface area (Å²) in [6, 6.07) is 3.20. The summed E-state index contributed by atoms with van der Waals surface area (Å²) in [5, 5.41) is 2.71. The number of amides is 1. The molecule has 0 saturated carbocycles. The van der Waals surface area contributed by atoms with Gasteiger partial charge >= 0.3 is 5.97 Å². The predicted octanol–water partition coefficient (Wildman–Crippen LogP) is 1.42. The van der Waals surface area contributed by atoms with Crippen LogP contribution in [-0.4, -0.2) is 48.0 Å². The van der Waals surface area contributed by atoms with E-state index in [1.807, 2.05) is 4.90 Å². The van der Waals surface area contributed by atoms with E-state index in [1.54, 1.807) is 18.3 Å². The number of hydrogen-bond donors (Lipinski definition) is 1. The highest BCUT2D eigenvalue weighted by molar-refractivity contribution is 9.10. The van der Waals surface area contributed by atoms with Crippen LogP contribution in [0.1, 0.15) is 12.8 Å². The number of anilines is 1. The van der Waals surface area contributed by atoms with E-state index in [2.05, 4.69) is 26.2 Å². The lowest BCUT2D eigenvalue weighted by atomic mass is 10.2. The lowest BCUT2D eigenvalue weighted by Crippen LogP contribution is -2.41. The lowest BCUT2D eigenvalue weighted by Gasteiger charge is -2.21. The number of rotatable bonds is 4. The van der Waals surface area contributed by atoms with Gasteiger partial charge in [0.1, 0.15) is 11.9 Å². The molecule has 1 aromatic heterocycles. The first-order valence-corrected chi connectivity index (χ1v) is 7.12. The van der Waals surface area contributed by atoms with E-state index in [0.717, 1.165) is 23.9 Å². The van der Waals surface area contributed by atoms with Gasteiger partial charge < -0.3 is 10.1 Å². The Kier molecular flexibility index (Phi) is 5.08. The Morgan fingerprint density at radius 3 is 3.00 bits per heavy atom. The molecule has 20 heavy (non-hydrogen) atoms. The summed E-state index contributed by atoms with van der Waals surface area (Å²) in [7, 11) is 1.37. The maximum atomic E-state index is 12.0. The fourth-order valence-electron chi connectivity index (χ4n) is 2.23. The average Bonchev–Trinajstić information content (AvgIpc) is 2.88. The molecule has 1 aromatic rings. The van der Waals surface area contributed by atoms with Crippen LogP contribution >= 0.6 is 15.9 Å². The smallest absolute Gasteiger partial charge is 0.323 e. The number of esters is 1. The Hall–Kier alpha value is -1.47. The van der Waals surface area contributed by atoms with Crippen LogP contribution in [0.25, 0.3) is 0 Å². The van der Waals surface area contributed by atoms with E-state index >= 15 is 0 Å². The van der Waals surface area contributed by atoms with E-state index in [0.29, 0.717) is 5.82 Å². The van der Waals surface area contributed by atoms with E-state index in [4.69, 9.17) is 4.74 Å². The van der Waals surface area contributed by atoms with Gasteiger partial charge in [0.2, 0.25) is 5.91 Å². The van der Waals surface area contributed by atoms with Crippen molar-refractivity contribution in [3.63, 3.8) is 0 Å². The molecule has 0 radical (unpaired) electrons. The van der Waals surface area contributed by atoms with Crippen LogP contribution in [0.4, 0.5) is 5.82 Å². The second kappa shape index (κ2) is 6.81. The van der Waals surface area contributed by atoms with Crippen molar-refractivity contribution in [1.29, 1.82) is 0 Å². The second-order valence-electron chi connectivity index (χ2n) is 4.56. The van der Waals surface area contributed by atoms with Gasteiger partial charge in [-0.25, -0.2) is 4.98 Å². The van der Waals surface area contributed by atoms with Gasteiger partial charge in [0, 0.05) is 10.7 Å². The van der Waals surface area contributed by atoms with Crippen LogP contribution in [0.2, 0.25) is 0 Å². The molecule has 1 fully saturated rings. The summed E-state index contributed by atoms with van der Waals surface area (Å²) < 4.78 is 5.60. The van der Waals surface area contributed by atoms with Crippen molar-refractivity contribution < 1.29 is 14.3 Å². The molecule has 0 bridgehead atoms. The molecule has 2 rings (SSSR count). The Morgan fingerprint density at radius 1 is 1.55 bits per heavy atom. The molecule has 0 spiro atoms. The lowest BCUT2D eigenvalue weighted by molar-refractivity contribution is -0.146. The van der Waals surface area contributed by atoms with Gasteiger partial charge in [0.05, 0.1) is 13.7 Å². The van der Waals surface area contributed by atoms with Crippen LogP contribution in [0.3, 0.4) is 0 Å². The fraction of sp³-hybridized carbons (Fsp3) is 0.462. The van der Waals surface area contributed by atoms with Crippen LogP contribution in [0.15, 0.2) is 22.8 Å². The van der Waals surface area contributed by atoms with Gasteiger partial charge in [0.25, 0.3) is 0 Å². The molecule has 1 atom stereocenters. The fourth-order valence-corrected chi connectivity index (χ4v) is 2.47. The van der Waals surface area contributed by atoms with Crippen molar-refractivity contribution in [3.05, 3.63) is 22.8 Å². The number of pyridine rings is 1. The molecule has 2 heterocycles. The van der Waals surface area contributed by atoms with Crippen molar-refractivity contribution >= 4 is 33.6 Å². The van der Waals surface area contributed by atoms with E-state index in [9.17, 15) is 9.59 Å². The summed E-state index contributed by atoms with van der Waals surface area (Å²) in [6.45, 7) is 0.887. The zero-order valence-corrected chi connectivity index (χ0v) is 12.7. The highest BCUT2D eigenvalue weighted by Crippen LogP contribution is 2.18. The van der Waals surface area contributed by atoms with Crippen LogP contribution in [0, 0.1) is 0 Å². The molecule has 1 aliphatic rings. The van der Waals surface area contributed by atoms with E-state index < -0.39 is 0 Å². The molecular weight excluding hydrogens is 326 g/mol. The predicted molar refractivity (Wildman–Crippen MR) is 77.2 cm³/mol. The third kappa shape index (κ3) is 3.77. The summed E-state index contributed by atoms with van der Waals surface area (Å²) in [5.41, 5.74) is 0. The Bertz CT molecular complexity index is 492. The molecule has 7 heteroatoms. The zero-order valence-electron chi connectivity index (χ0n) is 11.1. The van der Waals surface area contributed by atoms with Gasteiger partial charge in [-0.1, -0.05) is 0 Å². The molecule has 1 saturated heterocycles. The number of nitrogens with one attached hydrogen (secondary N) is 1. The number of hydrogen-bond acceptors (Lipinski definition) is 5. The standard InChI is InChI=1S/C13H16BrN3O3/c1-20-13(19)10-3-2-6-17(10)8-12(18)16-11-5-4-9(14)7-15-11/h4-5,7,10H,2-3,6,8H2,1H3,(H,15,16,18). The number of methoxy groups -OCH3 is 1. The molecule has 1 amide bonds. The topological polar surface area (TPSA) is 71.5 Å². The van der Waals surface area contributed by atoms with E-state index in [1.165, 1.54) is 7.11 Å². The molecule has 108 valence electrons. The highest BCUT2D eigenvalue weighted by Gasteiger charge is 2.32. The zero-order chi connectivity index (χ0) is 14.5. The summed E-state index contributed by atoms with van der Waals surface area (Å²) in [6.07, 6.45) is 3.24. The van der Waals surface area contributed by atoms with Gasteiger partial charge in [-0.05, 0) is 47.4 Å². The minimum Gasteiger partial charge on any atom is -0.468 e. The van der Waals surface area contributed by atoms with Gasteiger partial charge in [-0.2, -0.15) is 0 Å². The van der Waals surface area contributed by atoms with Crippen LogP contribution in [-0.2, 0) is 14.3 Å². The highest BCUT2D eigenvalue weighted by atomic mass is 79.9. The van der Waals surface area contributed by atoms with Crippen molar-refractivity contribution in [1.82, 2.24) is 9.88 Å². The van der Waals surface area contributed by atoms with Crippen LogP contribution < -0.4 is 5.32 Å². The van der Waals surface area contributed by atoms with Gasteiger partial charge in [0.15, 0.2) is 0 Å². The Labute approximate surface area is 125 Å². The van der Waals surface area contributed by atoms with Crippen LogP contribution in [0.5, 0.6) is 0 Å². The first-order chi connectivity index (χ1) is 9.60. The average molecular weight is 342 g/mol. The SMILES string of the molecule is COC(=O)C1CCCN1CC(=O)Nc1ccc(Br)cn1. The van der Waals surface area contributed by atoms with Crippen molar-refractivity contribution in [2.24, 2.45) is 0 Å². The molecule has 0 aliphatic carbocycles. The summed E-state index contributed by atoms with van der Waals surface area (Å²) in [5.74, 6) is 0.0275. The van der Waals surface area contributed by atoms with Crippen molar-refractivity contribution in [2.75, 3.05) is 25.5 Å². The number of carbonyl (C=O) groups is 2. The maximum absolute atomic E-state index is 12.0. The Balaban J connectivity index is 1.90. The molecule has 1 aliphatic heterocycles. The molecule has 1 N–H and O–H groups in total. The number of halogens is 1. The number of carbonyl (C=O) groups excluding carboxylic acids is 2. The molecule has 0 aromatic carbocycles. The van der Waals surface area contributed by atoms with Gasteiger partial charge in [-0.15, -0.1) is 0 Å². The monoisotopic (exact) mass is 341 g/mol. The summed E-state index contributed by atoms with van der Waals surface area (Å²) in [4.78, 5) is 29.4. The maximum Gasteiger partial charge on any atom is 0.323 e. The Morgan fingerprint density at radius 2 is 2.35 bits per heavy atom. The number of aromatic nitrogens is 1. The minimum absolute atomic E-state index is 0.164. The normalized spacial score (nSPS) is 18.8. The minimum atomic E-state index is -0.316. The largest absolute Gasteiger partial charge is 0.468 e. The van der Waals surface area contributed by atoms with Crippen molar-refractivity contribution in [3.8, 4) is 0 Å². The number of ether oxygens (including phenoxy) is 1. The second-order valence-corrected chi connectivity index (χ2v) is 5.48. The van der Waals surface area contributed by atoms with Gasteiger partial charge in [-0.3, -0.25) is 14.5 Å². The first kappa shape index (κ1) is 14.9. The first-order valence-electron chi connectivity index (χ1n) is 6.33. The number of likely N-dealkylation sites (tertiary alicyclic amines) is 1. The summed E-state index contributed by atoms with van der Waals surface area (Å²) >= 11 is 3.28. The molecular formula is C13H16BrN3O3. The molecule has 6 nitrogen and oxygen atoms in total.